The number of ether oxygens (including phenoxy) is 3. The molecular formula is C31H34N2O7. The van der Waals surface area contributed by atoms with E-state index in [2.05, 4.69) is 17.1 Å². The highest BCUT2D eigenvalue weighted by Crippen LogP contribution is 2.59. The fraction of sp³-hybridized carbons (Fsp3) is 0.452. The van der Waals surface area contributed by atoms with Crippen LogP contribution in [0.3, 0.4) is 0 Å². The molecule has 2 aromatic carbocycles. The van der Waals surface area contributed by atoms with Crippen molar-refractivity contribution in [1.82, 2.24) is 4.90 Å². The lowest BCUT2D eigenvalue weighted by Crippen LogP contribution is -2.60. The number of ketones is 1. The monoisotopic (exact) mass is 546 g/mol. The first kappa shape index (κ1) is 26.4. The number of rotatable bonds is 5. The number of carbonyl (C=O) groups is 2. The van der Waals surface area contributed by atoms with E-state index in [1.807, 2.05) is 37.3 Å². The molecule has 5 atom stereocenters. The van der Waals surface area contributed by atoms with Crippen molar-refractivity contribution in [1.29, 1.82) is 0 Å². The Balaban J connectivity index is 1.55. The zero-order valence-electron chi connectivity index (χ0n) is 23.4. The third-order valence-electron chi connectivity index (χ3n) is 9.31. The number of benzene rings is 2. The minimum Gasteiger partial charge on any atom is -0.504 e. The Kier molecular flexibility index (Phi) is 6.37. The molecule has 0 aromatic heterocycles. The maximum atomic E-state index is 13.3. The summed E-state index contributed by atoms with van der Waals surface area (Å²) >= 11 is 0. The first-order chi connectivity index (χ1) is 19.2. The van der Waals surface area contributed by atoms with Gasteiger partial charge in [-0.25, -0.2) is 0 Å². The summed E-state index contributed by atoms with van der Waals surface area (Å²) in [4.78, 5) is 34.9. The molecule has 0 radical (unpaired) electrons. The van der Waals surface area contributed by atoms with Crippen LogP contribution in [0.2, 0.25) is 0 Å². The summed E-state index contributed by atoms with van der Waals surface area (Å²) in [6.07, 6.45) is 2.62. The first-order valence-electron chi connectivity index (χ1n) is 13.5. The Morgan fingerprint density at radius 3 is 2.70 bits per heavy atom. The van der Waals surface area contributed by atoms with E-state index in [-0.39, 0.29) is 35.7 Å². The number of nitrogens with zero attached hydrogens (tertiary/aromatic N) is 2. The van der Waals surface area contributed by atoms with Crippen molar-refractivity contribution in [2.45, 2.75) is 43.7 Å². The van der Waals surface area contributed by atoms with E-state index in [4.69, 9.17) is 19.0 Å². The summed E-state index contributed by atoms with van der Waals surface area (Å²) < 4.78 is 16.4. The van der Waals surface area contributed by atoms with Gasteiger partial charge in [-0.15, -0.1) is 0 Å². The van der Waals surface area contributed by atoms with Crippen molar-refractivity contribution in [3.05, 3.63) is 70.0 Å². The second-order valence-corrected chi connectivity index (χ2v) is 11.3. The number of carbonyl (C=O) groups excluding carboxylic acids is 2. The molecule has 1 fully saturated rings. The van der Waals surface area contributed by atoms with E-state index in [1.165, 1.54) is 21.3 Å². The Morgan fingerprint density at radius 1 is 1.20 bits per heavy atom. The largest absolute Gasteiger partial charge is 0.504 e. The average Bonchev–Trinajstić information content (AvgIpc) is 3.39. The van der Waals surface area contributed by atoms with E-state index in [1.54, 1.807) is 6.07 Å². The smallest absolute Gasteiger partial charge is 0.319 e. The second-order valence-electron chi connectivity index (χ2n) is 11.3. The molecule has 1 saturated heterocycles. The van der Waals surface area contributed by atoms with Gasteiger partial charge in [0.2, 0.25) is 0 Å². The molecular weight excluding hydrogens is 512 g/mol. The van der Waals surface area contributed by atoms with Crippen LogP contribution in [0.15, 0.2) is 47.3 Å². The van der Waals surface area contributed by atoms with Gasteiger partial charge in [0.05, 0.1) is 21.3 Å². The Bertz CT molecular complexity index is 1460. The van der Waals surface area contributed by atoms with Gasteiger partial charge in [-0.1, -0.05) is 35.0 Å². The lowest BCUT2D eigenvalue weighted by atomic mass is 9.53. The molecule has 2 aliphatic carbocycles. The van der Waals surface area contributed by atoms with Crippen molar-refractivity contribution in [2.75, 3.05) is 34.9 Å². The normalized spacial score (nSPS) is 29.0. The molecule has 210 valence electrons. The number of hydrogen-bond acceptors (Lipinski definition) is 9. The SMILES string of the molecule is COC(=O)[C@H]1C(c2cccc(C)c2)=NO[C@@H]1c1cc(OC)c(O)c2c1C[C@H]1C3C=C(OC)C(=O)C[C@@]23CCN1C. The van der Waals surface area contributed by atoms with Crippen LogP contribution in [0.25, 0.3) is 0 Å². The highest BCUT2D eigenvalue weighted by atomic mass is 16.6. The molecule has 40 heavy (non-hydrogen) atoms. The Labute approximate surface area is 233 Å². The number of phenolic OH excluding ortho intramolecular Hbond substituents is 1. The van der Waals surface area contributed by atoms with Crippen LogP contribution in [0.5, 0.6) is 11.5 Å². The quantitative estimate of drug-likeness (QED) is 0.567. The average molecular weight is 547 g/mol. The Morgan fingerprint density at radius 2 is 2.00 bits per heavy atom. The van der Waals surface area contributed by atoms with Crippen LogP contribution in [0.4, 0.5) is 0 Å². The van der Waals surface area contributed by atoms with E-state index in [9.17, 15) is 14.7 Å². The molecule has 2 heterocycles. The molecule has 2 aromatic rings. The van der Waals surface area contributed by atoms with Gasteiger partial charge in [0.15, 0.2) is 29.1 Å². The number of aryl methyl sites for hydroxylation is 1. The van der Waals surface area contributed by atoms with Gasteiger partial charge < -0.3 is 29.1 Å². The number of allylic oxidation sites excluding steroid dienone is 1. The highest BCUT2D eigenvalue weighted by Gasteiger charge is 2.58. The fourth-order valence-electron chi connectivity index (χ4n) is 7.39. The van der Waals surface area contributed by atoms with Gasteiger partial charge in [0, 0.05) is 40.5 Å². The predicted octanol–water partition coefficient (Wildman–Crippen LogP) is 3.59. The molecule has 0 spiro atoms. The van der Waals surface area contributed by atoms with E-state index >= 15 is 0 Å². The summed E-state index contributed by atoms with van der Waals surface area (Å²) in [7, 11) is 6.46. The van der Waals surface area contributed by atoms with E-state index in [0.717, 1.165) is 23.2 Å². The summed E-state index contributed by atoms with van der Waals surface area (Å²) in [5, 5.41) is 16.0. The molecule has 0 amide bonds. The van der Waals surface area contributed by atoms with Crippen LogP contribution in [-0.4, -0.2) is 68.4 Å². The van der Waals surface area contributed by atoms with Crippen LogP contribution in [0, 0.1) is 18.8 Å². The molecule has 1 unspecified atom stereocenters. The van der Waals surface area contributed by atoms with E-state index in [0.29, 0.717) is 35.4 Å². The molecule has 1 N–H and O–H groups in total. The lowest BCUT2D eigenvalue weighted by molar-refractivity contribution is -0.146. The number of aromatic hydroxyl groups is 1. The summed E-state index contributed by atoms with van der Waals surface area (Å²) in [6.45, 7) is 2.76. The number of likely N-dealkylation sites (tertiary alicyclic amines) is 1. The minimum atomic E-state index is -0.828. The van der Waals surface area contributed by atoms with Crippen molar-refractivity contribution >= 4 is 17.5 Å². The van der Waals surface area contributed by atoms with Gasteiger partial charge in [-0.05, 0) is 51.1 Å². The van der Waals surface area contributed by atoms with Crippen LogP contribution >= 0.6 is 0 Å². The molecule has 9 nitrogen and oxygen atoms in total. The van der Waals surface area contributed by atoms with Crippen LogP contribution in [0.1, 0.15) is 46.8 Å². The van der Waals surface area contributed by atoms with E-state index < -0.39 is 23.4 Å². The van der Waals surface area contributed by atoms with Gasteiger partial charge in [0.25, 0.3) is 0 Å². The number of Topliss-reactive ketones (excluding diaryl/α,β-unsaturated/α-hetero) is 1. The number of phenols is 1. The maximum absolute atomic E-state index is 13.3. The number of likely N-dealkylation sites (N-methyl/N-ethyl adjacent to an activating group) is 1. The number of methoxy groups -OCH3 is 3. The van der Waals surface area contributed by atoms with Gasteiger partial charge in [-0.2, -0.15) is 0 Å². The summed E-state index contributed by atoms with van der Waals surface area (Å²) in [5.41, 5.74) is 3.94. The van der Waals surface area contributed by atoms with Crippen LogP contribution < -0.4 is 4.74 Å². The number of piperidine rings is 1. The zero-order chi connectivity index (χ0) is 28.3. The Hall–Kier alpha value is -3.85. The third-order valence-corrected chi connectivity index (χ3v) is 9.31. The maximum Gasteiger partial charge on any atom is 0.319 e. The standard InChI is InChI=1S/C31H34N2O7/c1-16-7-6-8-17(11-16)27-25(30(36)39-5)29(40-32-27)19-13-24(38-4)28(35)26-18(19)12-21-20-14-23(37-3)22(34)15-31(20,26)9-10-33(21)2/h6-8,11,13-14,20-21,25,29,35H,9-10,12,15H2,1-5H3/t20?,21-,25-,29+,31+/m0/s1. The van der Waals surface area contributed by atoms with Crippen molar-refractivity contribution < 1.29 is 33.7 Å². The number of esters is 1. The topological polar surface area (TPSA) is 107 Å². The molecule has 6 rings (SSSR count). The van der Waals surface area contributed by atoms with Crippen molar-refractivity contribution in [3.63, 3.8) is 0 Å². The van der Waals surface area contributed by atoms with Crippen LogP contribution in [-0.2, 0) is 35.7 Å². The molecule has 0 saturated carbocycles. The molecule has 9 heteroatoms. The number of fused-ring (bicyclic) bond motifs is 1. The fourth-order valence-corrected chi connectivity index (χ4v) is 7.39. The molecule has 4 aliphatic rings. The number of hydrogen-bond donors (Lipinski definition) is 1. The minimum absolute atomic E-state index is 0.0313. The second kappa shape index (κ2) is 9.66. The van der Waals surface area contributed by atoms with Gasteiger partial charge >= 0.3 is 5.97 Å². The summed E-state index contributed by atoms with van der Waals surface area (Å²) in [6, 6.07) is 9.56. The van der Waals surface area contributed by atoms with Crippen molar-refractivity contribution in [3.8, 4) is 11.5 Å². The molecule has 2 bridgehead atoms. The molecule has 2 aliphatic heterocycles. The van der Waals surface area contributed by atoms with Gasteiger partial charge in [0.1, 0.15) is 11.6 Å². The number of oxime groups is 1. The third kappa shape index (κ3) is 3.74. The van der Waals surface area contributed by atoms with Crippen molar-refractivity contribution in [2.24, 2.45) is 17.0 Å². The zero-order valence-corrected chi connectivity index (χ0v) is 23.4. The summed E-state index contributed by atoms with van der Waals surface area (Å²) in [5.74, 6) is -0.758. The predicted molar refractivity (Wildman–Crippen MR) is 146 cm³/mol. The van der Waals surface area contributed by atoms with Gasteiger partial charge in [-0.3, -0.25) is 9.59 Å². The lowest BCUT2D eigenvalue weighted by Gasteiger charge is -2.57. The first-order valence-corrected chi connectivity index (χ1v) is 13.5. The highest BCUT2D eigenvalue weighted by molar-refractivity contribution is 6.13.